The first kappa shape index (κ1) is 17.1. The zero-order valence-corrected chi connectivity index (χ0v) is 13.9. The lowest BCUT2D eigenvalue weighted by atomic mass is 9.75. The minimum atomic E-state index is 0.419. The van der Waals surface area contributed by atoms with Crippen LogP contribution in [0.1, 0.15) is 83.5 Å². The molecule has 2 aliphatic carbocycles. The van der Waals surface area contributed by atoms with Crippen LogP contribution >= 0.6 is 0 Å². The largest absolute Gasteiger partial charge is 0.396 e. The highest BCUT2D eigenvalue weighted by Crippen LogP contribution is 2.37. The summed E-state index contributed by atoms with van der Waals surface area (Å²) < 4.78 is 0. The molecule has 2 aliphatic rings. The van der Waals surface area contributed by atoms with Crippen LogP contribution in [0, 0.1) is 23.7 Å². The van der Waals surface area contributed by atoms with Gasteiger partial charge in [0.15, 0.2) is 0 Å². The van der Waals surface area contributed by atoms with Crippen molar-refractivity contribution in [2.24, 2.45) is 23.7 Å². The van der Waals surface area contributed by atoms with E-state index in [0.717, 1.165) is 17.8 Å². The van der Waals surface area contributed by atoms with Crippen LogP contribution in [0.5, 0.6) is 0 Å². The zero-order valence-electron chi connectivity index (χ0n) is 13.9. The summed E-state index contributed by atoms with van der Waals surface area (Å²) in [7, 11) is 0. The van der Waals surface area contributed by atoms with Gasteiger partial charge in [0.1, 0.15) is 0 Å². The van der Waals surface area contributed by atoms with Gasteiger partial charge in [-0.3, -0.25) is 0 Å². The van der Waals surface area contributed by atoms with Crippen molar-refractivity contribution >= 4 is 0 Å². The van der Waals surface area contributed by atoms with Gasteiger partial charge in [-0.05, 0) is 49.4 Å². The molecule has 0 bridgehead atoms. The summed E-state index contributed by atoms with van der Waals surface area (Å²) in [5, 5.41) is 9.21. The first-order chi connectivity index (χ1) is 10.3. The molecule has 0 amide bonds. The van der Waals surface area contributed by atoms with E-state index in [2.05, 4.69) is 12.7 Å². The van der Waals surface area contributed by atoms with Crippen molar-refractivity contribution in [1.82, 2.24) is 0 Å². The van der Waals surface area contributed by atoms with Crippen molar-refractivity contribution in [3.8, 4) is 0 Å². The Bertz CT molecular complexity index is 270. The van der Waals surface area contributed by atoms with Crippen LogP contribution < -0.4 is 0 Å². The lowest BCUT2D eigenvalue weighted by molar-refractivity contribution is 0.157. The van der Waals surface area contributed by atoms with Crippen LogP contribution in [0.2, 0.25) is 0 Å². The van der Waals surface area contributed by atoms with Crippen LogP contribution in [-0.4, -0.2) is 11.7 Å². The monoisotopic (exact) mass is 292 g/mol. The summed E-state index contributed by atoms with van der Waals surface area (Å²) in [5.41, 5.74) is 0. The molecule has 1 N–H and O–H groups in total. The molecule has 2 fully saturated rings. The molecule has 0 saturated heterocycles. The molecule has 0 unspecified atom stereocenters. The second kappa shape index (κ2) is 9.66. The van der Waals surface area contributed by atoms with Crippen molar-refractivity contribution in [3.05, 3.63) is 12.7 Å². The first-order valence-corrected chi connectivity index (χ1v) is 9.53. The third-order valence-electron chi connectivity index (χ3n) is 6.19. The van der Waals surface area contributed by atoms with Crippen molar-refractivity contribution in [2.45, 2.75) is 83.5 Å². The van der Waals surface area contributed by atoms with E-state index >= 15 is 0 Å². The molecule has 0 heterocycles. The number of allylic oxidation sites excluding steroid dienone is 1. The zero-order chi connectivity index (χ0) is 14.9. The molecule has 0 aromatic heterocycles. The summed E-state index contributed by atoms with van der Waals surface area (Å²) in [6, 6.07) is 0. The van der Waals surface area contributed by atoms with Gasteiger partial charge in [0, 0.05) is 6.61 Å². The van der Waals surface area contributed by atoms with Crippen LogP contribution in [0.15, 0.2) is 12.7 Å². The Morgan fingerprint density at radius 3 is 1.57 bits per heavy atom. The summed E-state index contributed by atoms with van der Waals surface area (Å²) in [4.78, 5) is 0. The van der Waals surface area contributed by atoms with E-state index in [1.807, 2.05) is 0 Å². The third kappa shape index (κ3) is 6.14. The molecule has 0 aliphatic heterocycles. The molecule has 122 valence electrons. The number of aliphatic hydroxyl groups is 1. The quantitative estimate of drug-likeness (QED) is 0.447. The van der Waals surface area contributed by atoms with E-state index in [9.17, 15) is 5.11 Å². The molecule has 2 rings (SSSR count). The number of unbranched alkanes of at least 4 members (excludes halogenated alkanes) is 1. The Hall–Kier alpha value is -0.300. The third-order valence-corrected chi connectivity index (χ3v) is 6.19. The van der Waals surface area contributed by atoms with Crippen molar-refractivity contribution in [2.75, 3.05) is 6.61 Å². The molecule has 0 atom stereocenters. The summed E-state index contributed by atoms with van der Waals surface area (Å²) >= 11 is 0. The summed E-state index contributed by atoms with van der Waals surface area (Å²) in [5.74, 6) is 3.63. The molecule has 1 nitrogen and oxygen atoms in total. The molecule has 1 heteroatoms. The Morgan fingerprint density at radius 1 is 0.714 bits per heavy atom. The van der Waals surface area contributed by atoms with Gasteiger partial charge in [-0.1, -0.05) is 63.9 Å². The Kier molecular flexibility index (Phi) is 7.85. The lowest BCUT2D eigenvalue weighted by Crippen LogP contribution is -2.19. The Morgan fingerprint density at radius 2 is 1.14 bits per heavy atom. The maximum atomic E-state index is 9.21. The van der Waals surface area contributed by atoms with Gasteiger partial charge < -0.3 is 5.11 Å². The predicted octanol–water partition coefficient (Wildman–Crippen LogP) is 5.73. The highest BCUT2D eigenvalue weighted by molar-refractivity contribution is 4.77. The average molecular weight is 293 g/mol. The average Bonchev–Trinajstić information content (AvgIpc) is 2.55. The number of aliphatic hydroxyl groups excluding tert-OH is 1. The number of hydrogen-bond donors (Lipinski definition) is 1. The fourth-order valence-electron chi connectivity index (χ4n) is 4.53. The number of rotatable bonds is 8. The van der Waals surface area contributed by atoms with E-state index in [1.54, 1.807) is 0 Å². The van der Waals surface area contributed by atoms with Gasteiger partial charge in [0.2, 0.25) is 0 Å². The molecule has 0 radical (unpaired) electrons. The van der Waals surface area contributed by atoms with E-state index in [1.165, 1.54) is 83.5 Å². The van der Waals surface area contributed by atoms with Crippen molar-refractivity contribution < 1.29 is 5.11 Å². The molecule has 0 aromatic carbocycles. The van der Waals surface area contributed by atoms with Crippen LogP contribution in [-0.2, 0) is 0 Å². The Balaban J connectivity index is 1.54. The minimum absolute atomic E-state index is 0.419. The predicted molar refractivity (Wildman–Crippen MR) is 91.3 cm³/mol. The number of hydrogen-bond acceptors (Lipinski definition) is 1. The van der Waals surface area contributed by atoms with E-state index in [4.69, 9.17) is 0 Å². The van der Waals surface area contributed by atoms with Gasteiger partial charge in [-0.15, -0.1) is 6.58 Å². The lowest BCUT2D eigenvalue weighted by Gasteiger charge is -2.31. The molecule has 0 aromatic rings. The van der Waals surface area contributed by atoms with Crippen LogP contribution in [0.4, 0.5) is 0 Å². The van der Waals surface area contributed by atoms with E-state index < -0.39 is 0 Å². The topological polar surface area (TPSA) is 20.2 Å². The van der Waals surface area contributed by atoms with Gasteiger partial charge in [-0.2, -0.15) is 0 Å². The molecular formula is C20H36O. The molecule has 2 saturated carbocycles. The fraction of sp³-hybridized carbons (Fsp3) is 0.900. The van der Waals surface area contributed by atoms with E-state index in [-0.39, 0.29) is 0 Å². The second-order valence-corrected chi connectivity index (χ2v) is 7.75. The smallest absolute Gasteiger partial charge is 0.0459 e. The first-order valence-electron chi connectivity index (χ1n) is 9.53. The maximum absolute atomic E-state index is 9.21. The second-order valence-electron chi connectivity index (χ2n) is 7.75. The molecule has 0 spiro atoms. The van der Waals surface area contributed by atoms with E-state index in [0.29, 0.717) is 12.5 Å². The molecular weight excluding hydrogens is 256 g/mol. The summed E-state index contributed by atoms with van der Waals surface area (Å²) in [6.07, 6.45) is 20.3. The normalized spacial score (nSPS) is 33.8. The molecule has 21 heavy (non-hydrogen) atoms. The van der Waals surface area contributed by atoms with Crippen LogP contribution in [0.3, 0.4) is 0 Å². The van der Waals surface area contributed by atoms with Gasteiger partial charge >= 0.3 is 0 Å². The summed E-state index contributed by atoms with van der Waals surface area (Å²) in [6.45, 7) is 4.24. The standard InChI is InChI=1S/C20H36O/c1-2-3-4-5-17-6-8-18(9-7-17)10-11-19-12-14-20(16-21)15-13-19/h2,17-21H,1,3-16H2/t17-,18-,19?,20?. The maximum Gasteiger partial charge on any atom is 0.0459 e. The van der Waals surface area contributed by atoms with Gasteiger partial charge in [-0.25, -0.2) is 0 Å². The van der Waals surface area contributed by atoms with Crippen molar-refractivity contribution in [1.29, 1.82) is 0 Å². The van der Waals surface area contributed by atoms with Crippen molar-refractivity contribution in [3.63, 3.8) is 0 Å². The highest BCUT2D eigenvalue weighted by Gasteiger charge is 2.24. The van der Waals surface area contributed by atoms with Gasteiger partial charge in [0.05, 0.1) is 0 Å². The minimum Gasteiger partial charge on any atom is -0.396 e. The Labute approximate surface area is 132 Å². The fourth-order valence-corrected chi connectivity index (χ4v) is 4.53. The SMILES string of the molecule is C=CCCC[C@H]1CC[C@H](CCC2CCC(CO)CC2)CC1. The van der Waals surface area contributed by atoms with Crippen LogP contribution in [0.25, 0.3) is 0 Å². The highest BCUT2D eigenvalue weighted by atomic mass is 16.3. The van der Waals surface area contributed by atoms with Gasteiger partial charge in [0.25, 0.3) is 0 Å².